The van der Waals surface area contributed by atoms with Gasteiger partial charge < -0.3 is 15.0 Å². The molecule has 4 unspecified atom stereocenters. The van der Waals surface area contributed by atoms with E-state index >= 15 is 0 Å². The van der Waals surface area contributed by atoms with Gasteiger partial charge in [-0.2, -0.15) is 0 Å². The van der Waals surface area contributed by atoms with Gasteiger partial charge in [-0.05, 0) is 49.1 Å². The van der Waals surface area contributed by atoms with Gasteiger partial charge in [-0.1, -0.05) is 43.2 Å². The average Bonchev–Trinajstić information content (AvgIpc) is 3.24. The van der Waals surface area contributed by atoms with Crippen molar-refractivity contribution in [1.29, 1.82) is 0 Å². The van der Waals surface area contributed by atoms with E-state index in [4.69, 9.17) is 4.74 Å². The number of hydrogen-bond acceptors (Lipinski definition) is 4. The van der Waals surface area contributed by atoms with Crippen LogP contribution < -0.4 is 10.2 Å². The third-order valence-corrected chi connectivity index (χ3v) is 7.06. The first-order chi connectivity index (χ1) is 16.5. The van der Waals surface area contributed by atoms with Crippen LogP contribution in [0.3, 0.4) is 0 Å². The molecule has 2 aliphatic heterocycles. The summed E-state index contributed by atoms with van der Waals surface area (Å²) in [5.41, 5.74) is 1.38. The third kappa shape index (κ3) is 4.30. The van der Waals surface area contributed by atoms with Crippen LogP contribution in [0.1, 0.15) is 31.2 Å². The normalized spacial score (nSPS) is 26.3. The number of carbonyl (C=O) groups excluding carboxylic acids is 3. The molecule has 4 amide bonds. The van der Waals surface area contributed by atoms with Crippen molar-refractivity contribution >= 4 is 23.5 Å². The highest BCUT2D eigenvalue weighted by atomic mass is 19.1. The maximum Gasteiger partial charge on any atom is 0.332 e. The minimum atomic E-state index is -0.826. The molecule has 34 heavy (non-hydrogen) atoms. The third-order valence-electron chi connectivity index (χ3n) is 7.06. The lowest BCUT2D eigenvalue weighted by Gasteiger charge is -2.42. The van der Waals surface area contributed by atoms with Crippen molar-refractivity contribution in [2.75, 3.05) is 18.0 Å². The number of rotatable bonds is 6. The molecule has 178 valence electrons. The molecule has 7 nitrogen and oxygen atoms in total. The molecule has 0 bridgehead atoms. The highest BCUT2D eigenvalue weighted by Gasteiger charge is 2.58. The van der Waals surface area contributed by atoms with Crippen molar-refractivity contribution in [2.45, 2.75) is 50.4 Å². The summed E-state index contributed by atoms with van der Waals surface area (Å²) in [5.74, 6) is -1.16. The maximum absolute atomic E-state index is 13.6. The number of ether oxygens (including phenoxy) is 1. The Hall–Kier alpha value is -3.26. The van der Waals surface area contributed by atoms with E-state index in [1.807, 2.05) is 30.3 Å². The Morgan fingerprint density at radius 3 is 2.53 bits per heavy atom. The minimum absolute atomic E-state index is 0.0270. The summed E-state index contributed by atoms with van der Waals surface area (Å²) in [6.07, 6.45) is 3.48. The van der Waals surface area contributed by atoms with Crippen molar-refractivity contribution in [3.05, 3.63) is 66.0 Å². The van der Waals surface area contributed by atoms with Gasteiger partial charge in [-0.15, -0.1) is 0 Å². The van der Waals surface area contributed by atoms with Crippen molar-refractivity contribution in [1.82, 2.24) is 10.2 Å². The quantitative estimate of drug-likeness (QED) is 0.710. The summed E-state index contributed by atoms with van der Waals surface area (Å²) in [7, 11) is 0. The monoisotopic (exact) mass is 465 g/mol. The Kier molecular flexibility index (Phi) is 6.32. The second-order valence-electron chi connectivity index (χ2n) is 9.18. The second-order valence-corrected chi connectivity index (χ2v) is 9.18. The number of benzene rings is 2. The summed E-state index contributed by atoms with van der Waals surface area (Å²) in [6.45, 7) is 0.286. The highest BCUT2D eigenvalue weighted by molar-refractivity contribution is 6.18. The number of hydrogen-bond donors (Lipinski definition) is 1. The molecule has 4 atom stereocenters. The van der Waals surface area contributed by atoms with E-state index in [2.05, 4.69) is 5.32 Å². The number of imide groups is 1. The Morgan fingerprint density at radius 1 is 1.03 bits per heavy atom. The van der Waals surface area contributed by atoms with Crippen LogP contribution in [0.4, 0.5) is 14.9 Å². The van der Waals surface area contributed by atoms with Crippen molar-refractivity contribution in [2.24, 2.45) is 5.92 Å². The molecule has 3 aliphatic rings. The van der Waals surface area contributed by atoms with Crippen LogP contribution in [0.15, 0.2) is 54.6 Å². The van der Waals surface area contributed by atoms with E-state index in [1.54, 1.807) is 0 Å². The Bertz CT molecular complexity index is 1060. The molecule has 8 heteroatoms. The number of urea groups is 1. The van der Waals surface area contributed by atoms with Crippen LogP contribution in [0.2, 0.25) is 0 Å². The fraction of sp³-hybridized carbons (Fsp3) is 0.423. The van der Waals surface area contributed by atoms with Crippen LogP contribution in [-0.4, -0.2) is 54.1 Å². The summed E-state index contributed by atoms with van der Waals surface area (Å²) in [6, 6.07) is 14.0. The predicted molar refractivity (Wildman–Crippen MR) is 124 cm³/mol. The number of anilines is 1. The average molecular weight is 466 g/mol. The molecule has 0 spiro atoms. The molecule has 1 N–H and O–H groups in total. The number of fused-ring (bicyclic) bond motifs is 3. The van der Waals surface area contributed by atoms with Crippen LogP contribution in [0, 0.1) is 11.7 Å². The Labute approximate surface area is 197 Å². The summed E-state index contributed by atoms with van der Waals surface area (Å²) in [4.78, 5) is 42.3. The van der Waals surface area contributed by atoms with E-state index in [0.29, 0.717) is 13.0 Å². The van der Waals surface area contributed by atoms with E-state index in [0.717, 1.165) is 36.1 Å². The first-order valence-electron chi connectivity index (χ1n) is 11.9. The lowest BCUT2D eigenvalue weighted by molar-refractivity contribution is -0.134. The summed E-state index contributed by atoms with van der Waals surface area (Å²) in [5, 5.41) is 2.90. The van der Waals surface area contributed by atoms with Gasteiger partial charge in [0.15, 0.2) is 6.10 Å². The van der Waals surface area contributed by atoms with Crippen molar-refractivity contribution in [3.8, 4) is 0 Å². The molecule has 1 aliphatic carbocycles. The number of nitrogens with zero attached hydrogens (tertiary/aromatic N) is 2. The first kappa shape index (κ1) is 22.5. The molecule has 3 fully saturated rings. The van der Waals surface area contributed by atoms with E-state index < -0.39 is 29.9 Å². The van der Waals surface area contributed by atoms with Crippen molar-refractivity contribution < 1.29 is 23.5 Å². The van der Waals surface area contributed by atoms with Crippen LogP contribution in [-0.2, 0) is 20.7 Å². The second kappa shape index (κ2) is 9.54. The van der Waals surface area contributed by atoms with Crippen molar-refractivity contribution in [3.63, 3.8) is 0 Å². The van der Waals surface area contributed by atoms with Crippen LogP contribution >= 0.6 is 0 Å². The number of amides is 4. The van der Waals surface area contributed by atoms with E-state index in [1.165, 1.54) is 29.2 Å². The van der Waals surface area contributed by atoms with Crippen LogP contribution in [0.5, 0.6) is 0 Å². The summed E-state index contributed by atoms with van der Waals surface area (Å²) < 4.78 is 19.6. The summed E-state index contributed by atoms with van der Waals surface area (Å²) >= 11 is 0. The minimum Gasteiger partial charge on any atom is -0.363 e. The smallest absolute Gasteiger partial charge is 0.332 e. The zero-order valence-corrected chi connectivity index (χ0v) is 18.9. The SMILES string of the molecule is O=C(CN1C(=O)N(c2ccc(F)cc2)C(=O)C2OC3CCCCC3C21)NCCc1ccccc1. The lowest BCUT2D eigenvalue weighted by Crippen LogP contribution is -2.66. The van der Waals surface area contributed by atoms with Gasteiger partial charge in [0.25, 0.3) is 5.91 Å². The number of halogens is 1. The van der Waals surface area contributed by atoms with Gasteiger partial charge in [0.2, 0.25) is 5.91 Å². The fourth-order valence-corrected chi connectivity index (χ4v) is 5.46. The lowest BCUT2D eigenvalue weighted by atomic mass is 9.81. The largest absolute Gasteiger partial charge is 0.363 e. The van der Waals surface area contributed by atoms with Crippen LogP contribution in [0.25, 0.3) is 0 Å². The number of carbonyl (C=O) groups is 3. The van der Waals surface area contributed by atoms with Gasteiger partial charge in [0.1, 0.15) is 12.4 Å². The Morgan fingerprint density at radius 2 is 1.76 bits per heavy atom. The van der Waals surface area contributed by atoms with Gasteiger partial charge in [0.05, 0.1) is 17.8 Å². The zero-order valence-electron chi connectivity index (χ0n) is 18.9. The molecular weight excluding hydrogens is 437 g/mol. The first-order valence-corrected chi connectivity index (χ1v) is 11.9. The molecule has 2 saturated heterocycles. The van der Waals surface area contributed by atoms with Gasteiger partial charge in [-0.3, -0.25) is 9.59 Å². The van der Waals surface area contributed by atoms with E-state index in [-0.39, 0.29) is 30.2 Å². The molecule has 0 radical (unpaired) electrons. The molecular formula is C26H28FN3O4. The van der Waals surface area contributed by atoms with Gasteiger partial charge >= 0.3 is 6.03 Å². The Balaban J connectivity index is 1.36. The molecule has 1 saturated carbocycles. The van der Waals surface area contributed by atoms with Gasteiger partial charge in [0, 0.05) is 12.5 Å². The highest BCUT2D eigenvalue weighted by Crippen LogP contribution is 2.43. The molecule has 5 rings (SSSR count). The predicted octanol–water partition coefficient (Wildman–Crippen LogP) is 3.28. The zero-order chi connectivity index (χ0) is 23.7. The fourth-order valence-electron chi connectivity index (χ4n) is 5.46. The maximum atomic E-state index is 13.6. The van der Waals surface area contributed by atoms with Gasteiger partial charge in [-0.25, -0.2) is 14.1 Å². The molecule has 2 aromatic carbocycles. The molecule has 2 aromatic rings. The number of nitrogens with one attached hydrogen (secondary N) is 1. The molecule has 2 heterocycles. The van der Waals surface area contributed by atoms with E-state index in [9.17, 15) is 18.8 Å². The standard InChI is InChI=1S/C26H28FN3O4/c27-18-10-12-19(13-11-18)30-25(32)24-23(20-8-4-5-9-21(20)34-24)29(26(30)33)16-22(31)28-15-14-17-6-2-1-3-7-17/h1-3,6-7,10-13,20-21,23-24H,4-5,8-9,14-16H2,(H,28,31). The molecule has 0 aromatic heterocycles. The topological polar surface area (TPSA) is 79.0 Å².